The number of Topliss-reactive ketones (excluding diaryl/α,β-unsaturated/α-hetero) is 2. The van der Waals surface area contributed by atoms with Crippen LogP contribution in [0.1, 0.15) is 62.2 Å². The number of carbonyl (C=O) groups excluding carboxylic acids is 4. The molecule has 1 aliphatic carbocycles. The Labute approximate surface area is 295 Å². The van der Waals surface area contributed by atoms with Crippen LogP contribution in [0.4, 0.5) is 5.69 Å². The number of anilines is 1. The molecule has 0 aromatic heterocycles. The van der Waals surface area contributed by atoms with Crippen LogP contribution in [0.3, 0.4) is 0 Å². The lowest BCUT2D eigenvalue weighted by atomic mass is 10.1. The van der Waals surface area contributed by atoms with E-state index >= 15 is 0 Å². The molecule has 0 unspecified atom stereocenters. The van der Waals surface area contributed by atoms with E-state index in [9.17, 15) is 19.2 Å². The van der Waals surface area contributed by atoms with E-state index in [1.54, 1.807) is 108 Å². The molecule has 0 radical (unpaired) electrons. The first kappa shape index (κ1) is 40.3. The van der Waals surface area contributed by atoms with Crippen molar-refractivity contribution in [2.45, 2.75) is 20.8 Å². The van der Waals surface area contributed by atoms with Gasteiger partial charge in [-0.25, -0.2) is 4.90 Å². The monoisotopic (exact) mass is 675 g/mol. The molecule has 0 bridgehead atoms. The van der Waals surface area contributed by atoms with Crippen LogP contribution >= 0.6 is 0 Å². The molecule has 8 nitrogen and oxygen atoms in total. The molecule has 8 heteroatoms. The second-order valence-corrected chi connectivity index (χ2v) is 10.3. The Kier molecular flexibility index (Phi) is 17.7. The number of benzene rings is 5. The zero-order chi connectivity index (χ0) is 36.9. The van der Waals surface area contributed by atoms with Gasteiger partial charge in [0.15, 0.2) is 11.6 Å². The molecule has 0 N–H and O–H groups in total. The molecule has 2 aliphatic rings. The van der Waals surface area contributed by atoms with Crippen LogP contribution in [0, 0.1) is 5.92 Å². The predicted octanol–water partition coefficient (Wildman–Crippen LogP) is 8.87. The molecule has 5 aromatic carbocycles. The van der Waals surface area contributed by atoms with Gasteiger partial charge in [-0.1, -0.05) is 105 Å². The van der Waals surface area contributed by atoms with E-state index in [1.165, 1.54) is 4.90 Å². The second-order valence-electron chi connectivity index (χ2n) is 10.3. The van der Waals surface area contributed by atoms with E-state index in [2.05, 4.69) is 4.74 Å². The number of amides is 2. The van der Waals surface area contributed by atoms with Gasteiger partial charge in [0, 0.05) is 25.3 Å². The summed E-state index contributed by atoms with van der Waals surface area (Å²) in [6, 6.07) is 42.2. The summed E-state index contributed by atoms with van der Waals surface area (Å²) >= 11 is 0. The van der Waals surface area contributed by atoms with Crippen LogP contribution in [-0.4, -0.2) is 51.8 Å². The van der Waals surface area contributed by atoms with Gasteiger partial charge in [0.25, 0.3) is 11.8 Å². The van der Waals surface area contributed by atoms with Gasteiger partial charge in [0.05, 0.1) is 37.0 Å². The van der Waals surface area contributed by atoms with E-state index in [-0.39, 0.29) is 23.4 Å². The van der Waals surface area contributed by atoms with Crippen LogP contribution in [-0.2, 0) is 4.74 Å². The van der Waals surface area contributed by atoms with Crippen molar-refractivity contribution in [2.75, 3.05) is 33.3 Å². The van der Waals surface area contributed by atoms with Gasteiger partial charge < -0.3 is 14.2 Å². The molecule has 7 rings (SSSR count). The number of ketones is 2. The lowest BCUT2D eigenvalue weighted by Gasteiger charge is -2.13. The Bertz CT molecular complexity index is 1660. The van der Waals surface area contributed by atoms with Crippen LogP contribution in [0.2, 0.25) is 0 Å². The van der Waals surface area contributed by atoms with E-state index in [0.717, 1.165) is 11.5 Å². The number of rotatable bonds is 3. The van der Waals surface area contributed by atoms with Gasteiger partial charge >= 0.3 is 0 Å². The molecule has 1 aliphatic heterocycles. The minimum Gasteiger partial charge on any atom is -0.497 e. The lowest BCUT2D eigenvalue weighted by Crippen LogP contribution is -2.29. The summed E-state index contributed by atoms with van der Waals surface area (Å²) in [4.78, 5) is 48.2. The van der Waals surface area contributed by atoms with Crippen molar-refractivity contribution in [1.82, 2.24) is 0 Å². The average Bonchev–Trinajstić information content (AvgIpc) is 3.57. The van der Waals surface area contributed by atoms with Gasteiger partial charge in [0.2, 0.25) is 0 Å². The zero-order valence-electron chi connectivity index (χ0n) is 29.7. The minimum atomic E-state index is -0.470. The van der Waals surface area contributed by atoms with Gasteiger partial charge in [-0.3, -0.25) is 19.2 Å². The fraction of sp³-hybridized carbons (Fsp3) is 0.190. The average molecular weight is 676 g/mol. The highest BCUT2D eigenvalue weighted by Crippen LogP contribution is 2.28. The first-order valence-corrected chi connectivity index (χ1v) is 16.1. The highest BCUT2D eigenvalue weighted by molar-refractivity contribution is 6.34. The van der Waals surface area contributed by atoms with Gasteiger partial charge in [0.1, 0.15) is 11.5 Å². The summed E-state index contributed by atoms with van der Waals surface area (Å²) in [5.41, 5.74) is 2.71. The van der Waals surface area contributed by atoms with Crippen molar-refractivity contribution < 1.29 is 33.4 Å². The maximum atomic E-state index is 12.1. The normalized spacial score (nSPS) is 12.0. The standard InChI is InChI=1S/C14H9NO2.C10H8O2.2C7H8O.C2H6O.C2H6/c16-13-11-8-4-5-9-12(11)14(17)15(13)10-6-2-1-3-7-10;1-6-9(11)7-4-2-3-5-8(7)10(6)12;2*1-8-7-5-3-2-4-6-7;1-3-2;1-2/h1-9H;2-6H,1H3;2*2-6H,1H3;1-2H3;1-2H3. The van der Waals surface area contributed by atoms with Crippen LogP contribution < -0.4 is 14.4 Å². The molecule has 50 heavy (non-hydrogen) atoms. The molecule has 0 spiro atoms. The molecular formula is C42H45NO7. The zero-order valence-corrected chi connectivity index (χ0v) is 29.7. The van der Waals surface area contributed by atoms with Crippen LogP contribution in [0.15, 0.2) is 140 Å². The SMILES string of the molecule is CC.CC1C(=O)c2ccccc2C1=O.COC.COc1ccccc1.COc1ccccc1.O=C1c2ccccc2C(=O)N1c1ccccc1. The molecule has 1 heterocycles. The van der Waals surface area contributed by atoms with Crippen molar-refractivity contribution >= 4 is 29.1 Å². The Morgan fingerprint density at radius 1 is 0.440 bits per heavy atom. The van der Waals surface area contributed by atoms with E-state index in [4.69, 9.17) is 9.47 Å². The fourth-order valence-electron chi connectivity index (χ4n) is 4.61. The van der Waals surface area contributed by atoms with Gasteiger partial charge in [-0.15, -0.1) is 0 Å². The molecule has 0 atom stereocenters. The molecule has 2 amide bonds. The smallest absolute Gasteiger partial charge is 0.266 e. The molecule has 0 saturated carbocycles. The predicted molar refractivity (Wildman–Crippen MR) is 199 cm³/mol. The summed E-state index contributed by atoms with van der Waals surface area (Å²) in [5.74, 6) is 0.752. The van der Waals surface area contributed by atoms with Gasteiger partial charge in [-0.2, -0.15) is 0 Å². The van der Waals surface area contributed by atoms with Crippen molar-refractivity contribution in [3.63, 3.8) is 0 Å². The molecule has 0 saturated heterocycles. The van der Waals surface area contributed by atoms with Crippen LogP contribution in [0.5, 0.6) is 11.5 Å². The molecule has 260 valence electrons. The number of carbonyl (C=O) groups is 4. The third kappa shape index (κ3) is 11.1. The first-order chi connectivity index (χ1) is 24.3. The first-order valence-electron chi connectivity index (χ1n) is 16.1. The maximum Gasteiger partial charge on any atom is 0.266 e. The Hall–Kier alpha value is -5.86. The number of fused-ring (bicyclic) bond motifs is 2. The van der Waals surface area contributed by atoms with Crippen molar-refractivity contribution in [3.8, 4) is 11.5 Å². The van der Waals surface area contributed by atoms with Crippen molar-refractivity contribution in [3.05, 3.63) is 162 Å². The van der Waals surface area contributed by atoms with E-state index < -0.39 is 5.92 Å². The summed E-state index contributed by atoms with van der Waals surface area (Å²) in [6.07, 6.45) is 0. The summed E-state index contributed by atoms with van der Waals surface area (Å²) in [7, 11) is 6.57. The minimum absolute atomic E-state index is 0.0457. The molecule has 5 aromatic rings. The number of ether oxygens (including phenoxy) is 3. The fourth-order valence-corrected chi connectivity index (χ4v) is 4.61. The van der Waals surface area contributed by atoms with E-state index in [0.29, 0.717) is 27.9 Å². The summed E-state index contributed by atoms with van der Waals surface area (Å²) in [6.45, 7) is 5.66. The molecule has 0 fully saturated rings. The third-order valence-corrected chi connectivity index (χ3v) is 7.01. The third-order valence-electron chi connectivity index (χ3n) is 7.01. The Morgan fingerprint density at radius 2 is 0.720 bits per heavy atom. The number of hydrogen-bond acceptors (Lipinski definition) is 7. The lowest BCUT2D eigenvalue weighted by molar-refractivity contribution is 0.0849. The number of hydrogen-bond donors (Lipinski definition) is 0. The Balaban J connectivity index is 0.000000232. The highest BCUT2D eigenvalue weighted by atomic mass is 16.5. The van der Waals surface area contributed by atoms with Gasteiger partial charge in [-0.05, 0) is 55.5 Å². The largest absolute Gasteiger partial charge is 0.497 e. The molecular weight excluding hydrogens is 630 g/mol. The Morgan fingerprint density at radius 3 is 1.02 bits per heavy atom. The van der Waals surface area contributed by atoms with E-state index in [1.807, 2.05) is 80.6 Å². The maximum absolute atomic E-state index is 12.1. The van der Waals surface area contributed by atoms with Crippen molar-refractivity contribution in [2.24, 2.45) is 5.92 Å². The number of para-hydroxylation sites is 3. The quantitative estimate of drug-likeness (QED) is 0.139. The number of nitrogens with zero attached hydrogens (tertiary/aromatic N) is 1. The van der Waals surface area contributed by atoms with Crippen molar-refractivity contribution in [1.29, 1.82) is 0 Å². The topological polar surface area (TPSA) is 99.2 Å². The second kappa shape index (κ2) is 21.9. The summed E-state index contributed by atoms with van der Waals surface area (Å²) < 4.78 is 14.1. The summed E-state index contributed by atoms with van der Waals surface area (Å²) in [5, 5.41) is 0. The number of imide groups is 1. The highest BCUT2D eigenvalue weighted by Gasteiger charge is 2.36. The van der Waals surface area contributed by atoms with Crippen LogP contribution in [0.25, 0.3) is 0 Å². The number of methoxy groups -OCH3 is 3.